The van der Waals surface area contributed by atoms with Gasteiger partial charge in [-0.05, 0) is 37.8 Å². The van der Waals surface area contributed by atoms with Crippen molar-refractivity contribution in [3.63, 3.8) is 0 Å². The van der Waals surface area contributed by atoms with E-state index in [1.807, 2.05) is 18.4 Å². The predicted molar refractivity (Wildman–Crippen MR) is 73.7 cm³/mol. The Balaban J connectivity index is 2.09. The highest BCUT2D eigenvalue weighted by Gasteiger charge is 2.39. The Labute approximate surface area is 108 Å². The smallest absolute Gasteiger partial charge is 0.0834 e. The van der Waals surface area contributed by atoms with Crippen LogP contribution >= 0.6 is 11.3 Å². The largest absolute Gasteiger partial charge is 0.377 e. The van der Waals surface area contributed by atoms with Gasteiger partial charge < -0.3 is 10.1 Å². The molecule has 1 aromatic heterocycles. The van der Waals surface area contributed by atoms with E-state index in [-0.39, 0.29) is 5.60 Å². The number of hydrogen-bond acceptors (Lipinski definition) is 3. The van der Waals surface area contributed by atoms with Gasteiger partial charge in [-0.25, -0.2) is 0 Å². The molecule has 1 heterocycles. The molecule has 2 rings (SSSR count). The van der Waals surface area contributed by atoms with E-state index in [0.717, 1.165) is 6.42 Å². The zero-order chi connectivity index (χ0) is 12.1. The van der Waals surface area contributed by atoms with Gasteiger partial charge in [0.15, 0.2) is 0 Å². The van der Waals surface area contributed by atoms with E-state index in [0.29, 0.717) is 6.04 Å². The average molecular weight is 253 g/mol. The minimum absolute atomic E-state index is 0.0526. The lowest BCUT2D eigenvalue weighted by atomic mass is 9.78. The minimum Gasteiger partial charge on any atom is -0.377 e. The molecule has 0 saturated heterocycles. The fourth-order valence-electron chi connectivity index (χ4n) is 3.03. The van der Waals surface area contributed by atoms with E-state index in [4.69, 9.17) is 4.74 Å². The van der Waals surface area contributed by atoms with Crippen LogP contribution in [0.2, 0.25) is 0 Å². The van der Waals surface area contributed by atoms with Gasteiger partial charge in [0.05, 0.1) is 5.60 Å². The van der Waals surface area contributed by atoms with Crippen LogP contribution in [0.5, 0.6) is 0 Å². The Bertz CT molecular complexity index is 317. The molecular formula is C14H23NOS. The molecule has 0 amide bonds. The SMILES string of the molecule is CNC(Cc1cccs1)C1(OC)CCCCC1. The number of nitrogens with one attached hydrogen (secondary N) is 1. The number of hydrogen-bond donors (Lipinski definition) is 1. The van der Waals surface area contributed by atoms with Crippen LogP contribution in [-0.2, 0) is 11.2 Å². The number of likely N-dealkylation sites (N-methyl/N-ethyl adjacent to an activating group) is 1. The summed E-state index contributed by atoms with van der Waals surface area (Å²) in [4.78, 5) is 1.45. The number of thiophene rings is 1. The molecular weight excluding hydrogens is 230 g/mol. The van der Waals surface area contributed by atoms with E-state index in [1.165, 1.54) is 37.0 Å². The van der Waals surface area contributed by atoms with Crippen LogP contribution in [0, 0.1) is 0 Å². The lowest BCUT2D eigenvalue weighted by Crippen LogP contribution is -2.53. The summed E-state index contributed by atoms with van der Waals surface area (Å²) in [7, 11) is 3.94. The Morgan fingerprint density at radius 1 is 1.41 bits per heavy atom. The van der Waals surface area contributed by atoms with Gasteiger partial charge >= 0.3 is 0 Å². The summed E-state index contributed by atoms with van der Waals surface area (Å²) < 4.78 is 5.92. The van der Waals surface area contributed by atoms with Gasteiger partial charge in [-0.15, -0.1) is 11.3 Å². The highest BCUT2D eigenvalue weighted by molar-refractivity contribution is 7.09. The standard InChI is InChI=1S/C14H23NOS/c1-15-13(11-12-7-6-10-17-12)14(16-2)8-4-3-5-9-14/h6-7,10,13,15H,3-5,8-9,11H2,1-2H3. The maximum Gasteiger partial charge on any atom is 0.0834 e. The first kappa shape index (κ1) is 13.1. The summed E-state index contributed by atoms with van der Waals surface area (Å²) in [5.41, 5.74) is 0.0526. The summed E-state index contributed by atoms with van der Waals surface area (Å²) in [6.07, 6.45) is 7.44. The fraction of sp³-hybridized carbons (Fsp3) is 0.714. The second-order valence-corrected chi connectivity index (χ2v) is 5.99. The molecule has 96 valence electrons. The summed E-state index contributed by atoms with van der Waals surface area (Å²) in [5, 5.41) is 5.64. The van der Waals surface area contributed by atoms with Crippen molar-refractivity contribution in [2.45, 2.75) is 50.2 Å². The number of ether oxygens (including phenoxy) is 1. The molecule has 1 unspecified atom stereocenters. The van der Waals surface area contributed by atoms with Crippen molar-refractivity contribution in [1.82, 2.24) is 5.32 Å². The summed E-state index contributed by atoms with van der Waals surface area (Å²) in [6, 6.07) is 4.79. The minimum atomic E-state index is 0.0526. The third-order valence-corrected chi connectivity index (χ3v) is 4.97. The average Bonchev–Trinajstić information content (AvgIpc) is 2.89. The zero-order valence-corrected chi connectivity index (χ0v) is 11.7. The summed E-state index contributed by atoms with van der Waals surface area (Å²) >= 11 is 1.84. The number of methoxy groups -OCH3 is 1. The van der Waals surface area contributed by atoms with Crippen LogP contribution in [0.4, 0.5) is 0 Å². The van der Waals surface area contributed by atoms with Crippen molar-refractivity contribution >= 4 is 11.3 Å². The second kappa shape index (κ2) is 5.98. The van der Waals surface area contributed by atoms with Crippen molar-refractivity contribution < 1.29 is 4.74 Å². The maximum atomic E-state index is 5.92. The molecule has 1 aromatic rings. The summed E-state index contributed by atoms with van der Waals surface area (Å²) in [6.45, 7) is 0. The molecule has 1 fully saturated rings. The van der Waals surface area contributed by atoms with Crippen molar-refractivity contribution in [3.05, 3.63) is 22.4 Å². The Morgan fingerprint density at radius 3 is 2.71 bits per heavy atom. The van der Waals surface area contributed by atoms with E-state index in [9.17, 15) is 0 Å². The Morgan fingerprint density at radius 2 is 2.18 bits per heavy atom. The summed E-state index contributed by atoms with van der Waals surface area (Å²) in [5.74, 6) is 0. The van der Waals surface area contributed by atoms with Crippen molar-refractivity contribution in [2.24, 2.45) is 0 Å². The van der Waals surface area contributed by atoms with E-state index >= 15 is 0 Å². The number of rotatable bonds is 5. The molecule has 0 spiro atoms. The van der Waals surface area contributed by atoms with Crippen molar-refractivity contribution in [2.75, 3.05) is 14.2 Å². The van der Waals surface area contributed by atoms with Crippen molar-refractivity contribution in [3.8, 4) is 0 Å². The van der Waals surface area contributed by atoms with Gasteiger partial charge in [-0.3, -0.25) is 0 Å². The lowest BCUT2D eigenvalue weighted by molar-refractivity contribution is -0.0655. The van der Waals surface area contributed by atoms with Crippen molar-refractivity contribution in [1.29, 1.82) is 0 Å². The van der Waals surface area contributed by atoms with E-state index in [2.05, 4.69) is 29.9 Å². The van der Waals surface area contributed by atoms with Crippen LogP contribution < -0.4 is 5.32 Å². The Kier molecular flexibility index (Phi) is 4.60. The second-order valence-electron chi connectivity index (χ2n) is 4.95. The van der Waals surface area contributed by atoms with Gasteiger partial charge in [-0.1, -0.05) is 25.3 Å². The van der Waals surface area contributed by atoms with Crippen LogP contribution in [0.1, 0.15) is 37.0 Å². The molecule has 17 heavy (non-hydrogen) atoms. The first-order valence-electron chi connectivity index (χ1n) is 6.55. The molecule has 0 aliphatic heterocycles. The fourth-order valence-corrected chi connectivity index (χ4v) is 3.78. The molecule has 2 nitrogen and oxygen atoms in total. The Hall–Kier alpha value is -0.380. The van der Waals surface area contributed by atoms with Gasteiger partial charge in [0.2, 0.25) is 0 Å². The third-order valence-electron chi connectivity index (χ3n) is 4.08. The monoisotopic (exact) mass is 253 g/mol. The molecule has 0 aromatic carbocycles. The third kappa shape index (κ3) is 2.90. The molecule has 1 aliphatic carbocycles. The molecule has 1 atom stereocenters. The van der Waals surface area contributed by atoms with E-state index in [1.54, 1.807) is 0 Å². The highest BCUT2D eigenvalue weighted by Crippen LogP contribution is 2.35. The van der Waals surface area contributed by atoms with Gasteiger partial charge in [-0.2, -0.15) is 0 Å². The molecule has 1 N–H and O–H groups in total. The predicted octanol–water partition coefficient (Wildman–Crippen LogP) is 3.23. The van der Waals surface area contributed by atoms with Crippen LogP contribution in [0.3, 0.4) is 0 Å². The molecule has 0 radical (unpaired) electrons. The first-order chi connectivity index (χ1) is 8.30. The van der Waals surface area contributed by atoms with Crippen LogP contribution in [-0.4, -0.2) is 25.8 Å². The zero-order valence-electron chi connectivity index (χ0n) is 10.9. The quantitative estimate of drug-likeness (QED) is 0.870. The van der Waals surface area contributed by atoms with Crippen LogP contribution in [0.15, 0.2) is 17.5 Å². The van der Waals surface area contributed by atoms with Gasteiger partial charge in [0, 0.05) is 18.0 Å². The van der Waals surface area contributed by atoms with Gasteiger partial charge in [0.25, 0.3) is 0 Å². The normalized spacial score (nSPS) is 21.3. The topological polar surface area (TPSA) is 21.3 Å². The lowest BCUT2D eigenvalue weighted by Gasteiger charge is -2.42. The molecule has 1 aliphatic rings. The highest BCUT2D eigenvalue weighted by atomic mass is 32.1. The van der Waals surface area contributed by atoms with E-state index < -0.39 is 0 Å². The molecule has 3 heteroatoms. The molecule has 1 saturated carbocycles. The van der Waals surface area contributed by atoms with Gasteiger partial charge in [0.1, 0.15) is 0 Å². The van der Waals surface area contributed by atoms with Crippen LogP contribution in [0.25, 0.3) is 0 Å². The molecule has 0 bridgehead atoms. The first-order valence-corrected chi connectivity index (χ1v) is 7.43. The maximum absolute atomic E-state index is 5.92.